The van der Waals surface area contributed by atoms with E-state index in [1.807, 2.05) is 0 Å². The summed E-state index contributed by atoms with van der Waals surface area (Å²) in [4.78, 5) is 12.6. The maximum absolute atomic E-state index is 12.6. The lowest BCUT2D eigenvalue weighted by molar-refractivity contribution is -0.371. The fourth-order valence-electron chi connectivity index (χ4n) is 3.23. The number of benzene rings is 1. The zero-order valence-corrected chi connectivity index (χ0v) is 13.0. The van der Waals surface area contributed by atoms with Gasteiger partial charge in [-0.05, 0) is 17.5 Å². The number of nitrogens with zero attached hydrogens (tertiary/aromatic N) is 1. The number of hydrogen-bond donors (Lipinski definition) is 7. The van der Waals surface area contributed by atoms with Crippen molar-refractivity contribution in [2.75, 3.05) is 0 Å². The lowest BCUT2D eigenvalue weighted by Gasteiger charge is -2.51. The Bertz CT molecular complexity index is 802. The number of carbonyl (C=O) groups is 1. The zero-order valence-electron chi connectivity index (χ0n) is 13.0. The molecule has 5 atom stereocenters. The molecule has 1 aliphatic rings. The molecule has 1 saturated carbocycles. The van der Waals surface area contributed by atoms with Gasteiger partial charge in [-0.25, -0.2) is 0 Å². The van der Waals surface area contributed by atoms with Gasteiger partial charge in [0.1, 0.15) is 24.4 Å². The number of aliphatic hydroxyl groups is 7. The monoisotopic (exact) mass is 353 g/mol. The van der Waals surface area contributed by atoms with E-state index < -0.39 is 48.1 Å². The molecule has 0 spiro atoms. The highest BCUT2D eigenvalue weighted by molar-refractivity contribution is 5.91. The minimum Gasteiger partial charge on any atom is -0.387 e. The van der Waals surface area contributed by atoms with Crippen LogP contribution in [0.15, 0.2) is 36.5 Å². The number of ketones is 1. The quantitative estimate of drug-likeness (QED) is 0.289. The third kappa shape index (κ3) is 2.41. The number of carbonyl (C=O) groups excluding carboxylic acids is 1. The molecule has 1 fully saturated rings. The van der Waals surface area contributed by atoms with Crippen molar-refractivity contribution in [2.24, 2.45) is 0 Å². The molecule has 1 aromatic heterocycles. The summed E-state index contributed by atoms with van der Waals surface area (Å²) in [5, 5.41) is 70.4. The van der Waals surface area contributed by atoms with E-state index in [2.05, 4.69) is 0 Å². The van der Waals surface area contributed by atoms with Crippen LogP contribution in [-0.2, 0) is 11.3 Å². The van der Waals surface area contributed by atoms with Crippen LogP contribution in [-0.4, -0.2) is 81.9 Å². The summed E-state index contributed by atoms with van der Waals surface area (Å²) in [7, 11) is 0. The SMILES string of the molecule is O=C(Cn1ccc2ccccc21)[C@@]1(O)[C@@H](O)[C@H](O)[C@@H](O)[C@@H](O)C1(O)O. The highest BCUT2D eigenvalue weighted by atomic mass is 16.6. The fraction of sp³-hybridized carbons (Fsp3) is 0.438. The Balaban J connectivity index is 1.99. The van der Waals surface area contributed by atoms with Gasteiger partial charge in [0.2, 0.25) is 11.4 Å². The summed E-state index contributed by atoms with van der Waals surface area (Å²) in [5.41, 5.74) is -2.69. The topological polar surface area (TPSA) is 164 Å². The third-order valence-corrected chi connectivity index (χ3v) is 4.82. The first-order chi connectivity index (χ1) is 11.6. The van der Waals surface area contributed by atoms with Gasteiger partial charge in [0, 0.05) is 11.7 Å². The number of hydrogen-bond acceptors (Lipinski definition) is 8. The summed E-state index contributed by atoms with van der Waals surface area (Å²) < 4.78 is 1.40. The Morgan fingerprint density at radius 2 is 1.56 bits per heavy atom. The minimum absolute atomic E-state index is 0.570. The standard InChI is InChI=1S/C16H19NO8/c18-10(7-17-6-5-8-3-1-2-4-9(8)17)15(23)13(21)11(19)12(20)14(22)16(15,24)25/h1-6,11-14,19-25H,7H2/t11-,12-,13+,14-,15-/m1/s1. The van der Waals surface area contributed by atoms with E-state index in [9.17, 15) is 40.5 Å². The average molecular weight is 353 g/mol. The van der Waals surface area contributed by atoms with Crippen LogP contribution in [0.3, 0.4) is 0 Å². The van der Waals surface area contributed by atoms with Gasteiger partial charge >= 0.3 is 0 Å². The predicted octanol–water partition coefficient (Wildman–Crippen LogP) is -2.92. The molecule has 1 heterocycles. The second-order valence-corrected chi connectivity index (χ2v) is 6.29. The molecule has 0 aliphatic heterocycles. The van der Waals surface area contributed by atoms with E-state index in [-0.39, 0.29) is 0 Å². The maximum Gasteiger partial charge on any atom is 0.232 e. The van der Waals surface area contributed by atoms with Crippen molar-refractivity contribution in [3.8, 4) is 0 Å². The van der Waals surface area contributed by atoms with Gasteiger partial charge in [-0.15, -0.1) is 0 Å². The molecule has 1 aromatic carbocycles. The van der Waals surface area contributed by atoms with Crippen molar-refractivity contribution in [1.82, 2.24) is 4.57 Å². The first-order valence-electron chi connectivity index (χ1n) is 7.59. The normalized spacial score (nSPS) is 35.0. The Hall–Kier alpha value is -1.85. The van der Waals surface area contributed by atoms with E-state index in [1.165, 1.54) is 10.8 Å². The highest BCUT2D eigenvalue weighted by Crippen LogP contribution is 2.38. The molecule has 2 aromatic rings. The first kappa shape index (κ1) is 18.0. The molecule has 7 N–H and O–H groups in total. The van der Waals surface area contributed by atoms with Gasteiger partial charge in [-0.1, -0.05) is 18.2 Å². The third-order valence-electron chi connectivity index (χ3n) is 4.82. The molecule has 25 heavy (non-hydrogen) atoms. The van der Waals surface area contributed by atoms with Crippen LogP contribution in [0, 0.1) is 0 Å². The lowest BCUT2D eigenvalue weighted by atomic mass is 9.70. The molecular weight excluding hydrogens is 334 g/mol. The van der Waals surface area contributed by atoms with Gasteiger partial charge < -0.3 is 40.3 Å². The van der Waals surface area contributed by atoms with E-state index in [4.69, 9.17) is 0 Å². The number of aliphatic hydroxyl groups excluding tert-OH is 4. The number of fused-ring (bicyclic) bond motifs is 1. The number of rotatable bonds is 3. The molecule has 1 aliphatic carbocycles. The van der Waals surface area contributed by atoms with Gasteiger partial charge in [0.25, 0.3) is 0 Å². The lowest BCUT2D eigenvalue weighted by Crippen LogP contribution is -2.80. The number of aromatic nitrogens is 1. The average Bonchev–Trinajstić information content (AvgIpc) is 3.00. The van der Waals surface area contributed by atoms with Gasteiger partial charge in [0.15, 0.2) is 5.78 Å². The number of Topliss-reactive ketones (excluding diaryl/α,β-unsaturated/α-hetero) is 1. The minimum atomic E-state index is -3.56. The molecule has 0 unspecified atom stereocenters. The second-order valence-electron chi connectivity index (χ2n) is 6.29. The van der Waals surface area contributed by atoms with Crippen LogP contribution in [0.4, 0.5) is 0 Å². The zero-order chi connectivity index (χ0) is 18.6. The number of para-hydroxylation sites is 1. The smallest absolute Gasteiger partial charge is 0.232 e. The summed E-state index contributed by atoms with van der Waals surface area (Å²) >= 11 is 0. The van der Waals surface area contributed by atoms with Crippen LogP contribution in [0.2, 0.25) is 0 Å². The molecule has 9 nitrogen and oxygen atoms in total. The highest BCUT2D eigenvalue weighted by Gasteiger charge is 2.69. The summed E-state index contributed by atoms with van der Waals surface area (Å²) in [6.45, 7) is -0.570. The van der Waals surface area contributed by atoms with Crippen LogP contribution in [0.25, 0.3) is 10.9 Å². The van der Waals surface area contributed by atoms with Crippen LogP contribution in [0.5, 0.6) is 0 Å². The molecule has 0 saturated heterocycles. The Morgan fingerprint density at radius 3 is 2.24 bits per heavy atom. The van der Waals surface area contributed by atoms with E-state index >= 15 is 0 Å². The van der Waals surface area contributed by atoms with Gasteiger partial charge in [-0.3, -0.25) is 4.79 Å². The summed E-state index contributed by atoms with van der Waals surface area (Å²) in [6.07, 6.45) is -7.68. The summed E-state index contributed by atoms with van der Waals surface area (Å²) in [5.74, 6) is -4.82. The van der Waals surface area contributed by atoms with E-state index in [0.717, 1.165) is 5.39 Å². The predicted molar refractivity (Wildman–Crippen MR) is 83.1 cm³/mol. The van der Waals surface area contributed by atoms with E-state index in [1.54, 1.807) is 30.3 Å². The van der Waals surface area contributed by atoms with Gasteiger partial charge in [-0.2, -0.15) is 0 Å². The van der Waals surface area contributed by atoms with Crippen LogP contribution in [0.1, 0.15) is 0 Å². The molecular formula is C16H19NO8. The van der Waals surface area contributed by atoms with E-state index in [0.29, 0.717) is 5.52 Å². The molecule has 3 rings (SSSR count). The van der Waals surface area contributed by atoms with Crippen molar-refractivity contribution >= 4 is 16.7 Å². The first-order valence-corrected chi connectivity index (χ1v) is 7.59. The fourth-order valence-corrected chi connectivity index (χ4v) is 3.23. The summed E-state index contributed by atoms with van der Waals surface area (Å²) in [6, 6.07) is 8.69. The Kier molecular flexibility index (Phi) is 4.20. The van der Waals surface area contributed by atoms with Crippen molar-refractivity contribution in [3.63, 3.8) is 0 Å². The molecule has 0 radical (unpaired) electrons. The Morgan fingerprint density at radius 1 is 0.960 bits per heavy atom. The molecule has 0 bridgehead atoms. The van der Waals surface area contributed by atoms with Crippen LogP contribution >= 0.6 is 0 Å². The molecule has 0 amide bonds. The van der Waals surface area contributed by atoms with Crippen LogP contribution < -0.4 is 0 Å². The largest absolute Gasteiger partial charge is 0.387 e. The van der Waals surface area contributed by atoms with Crippen molar-refractivity contribution in [1.29, 1.82) is 0 Å². The maximum atomic E-state index is 12.6. The van der Waals surface area contributed by atoms with Gasteiger partial charge in [0.05, 0.1) is 6.54 Å². The second kappa shape index (κ2) is 5.85. The van der Waals surface area contributed by atoms with Crippen molar-refractivity contribution in [3.05, 3.63) is 36.5 Å². The van der Waals surface area contributed by atoms with Crippen molar-refractivity contribution in [2.45, 2.75) is 42.3 Å². The van der Waals surface area contributed by atoms with Crippen molar-refractivity contribution < 1.29 is 40.5 Å². The molecule has 9 heteroatoms. The Labute approximate surface area is 141 Å². The molecule has 136 valence electrons.